The molecular formula is C24H20NO+. The Morgan fingerprint density at radius 3 is 2.38 bits per heavy atom. The second-order valence-corrected chi connectivity index (χ2v) is 7.05. The second kappa shape index (κ2) is 5.43. The van der Waals surface area contributed by atoms with E-state index < -0.39 is 0 Å². The fourth-order valence-corrected chi connectivity index (χ4v) is 4.18. The number of fused-ring (bicyclic) bond motifs is 4. The zero-order valence-electron chi connectivity index (χ0n) is 15.2. The summed E-state index contributed by atoms with van der Waals surface area (Å²) in [7, 11) is 2.11. The van der Waals surface area contributed by atoms with E-state index in [9.17, 15) is 0 Å². The number of furan rings is 1. The van der Waals surface area contributed by atoms with Crippen LogP contribution in [0.25, 0.3) is 44.0 Å². The van der Waals surface area contributed by atoms with Crippen molar-refractivity contribution in [2.75, 3.05) is 0 Å². The van der Waals surface area contributed by atoms with Gasteiger partial charge in [-0.25, -0.2) is 4.57 Å². The number of para-hydroxylation sites is 1. The monoisotopic (exact) mass is 338 g/mol. The van der Waals surface area contributed by atoms with Gasteiger partial charge >= 0.3 is 0 Å². The van der Waals surface area contributed by atoms with Crippen LogP contribution in [0.5, 0.6) is 0 Å². The molecule has 0 aliphatic carbocycles. The van der Waals surface area contributed by atoms with Gasteiger partial charge in [0.2, 0.25) is 5.69 Å². The highest BCUT2D eigenvalue weighted by Gasteiger charge is 2.24. The normalized spacial score (nSPS) is 11.7. The van der Waals surface area contributed by atoms with Crippen molar-refractivity contribution < 1.29 is 8.98 Å². The van der Waals surface area contributed by atoms with Crippen LogP contribution in [-0.4, -0.2) is 0 Å². The molecule has 5 aromatic rings. The largest absolute Gasteiger partial charge is 0.455 e. The van der Waals surface area contributed by atoms with E-state index in [0.29, 0.717) is 0 Å². The summed E-state index contributed by atoms with van der Waals surface area (Å²) >= 11 is 0. The predicted molar refractivity (Wildman–Crippen MR) is 107 cm³/mol. The SMILES string of the molecule is Cc1cc(C)c2c(oc3ccccc32)c1-c1c2ccccc2cc[n+]1C. The maximum absolute atomic E-state index is 6.39. The molecular weight excluding hydrogens is 318 g/mol. The van der Waals surface area contributed by atoms with Gasteiger partial charge in [-0.05, 0) is 42.5 Å². The van der Waals surface area contributed by atoms with Gasteiger partial charge < -0.3 is 4.42 Å². The molecule has 0 N–H and O–H groups in total. The van der Waals surface area contributed by atoms with Crippen molar-refractivity contribution in [3.8, 4) is 11.3 Å². The minimum atomic E-state index is 0.945. The molecule has 0 spiro atoms. The van der Waals surface area contributed by atoms with E-state index in [0.717, 1.165) is 11.2 Å². The molecule has 5 rings (SSSR count). The lowest BCUT2D eigenvalue weighted by molar-refractivity contribution is -0.659. The Bertz CT molecular complexity index is 1310. The van der Waals surface area contributed by atoms with Crippen LogP contribution in [0.4, 0.5) is 0 Å². The lowest BCUT2D eigenvalue weighted by Gasteiger charge is -2.10. The number of aryl methyl sites for hydroxylation is 3. The summed E-state index contributed by atoms with van der Waals surface area (Å²) in [6.45, 7) is 4.35. The smallest absolute Gasteiger partial charge is 0.224 e. The van der Waals surface area contributed by atoms with Gasteiger partial charge in [-0.1, -0.05) is 42.5 Å². The first-order chi connectivity index (χ1) is 12.6. The third kappa shape index (κ3) is 2.02. The number of nitrogens with zero attached hydrogens (tertiary/aromatic N) is 1. The molecule has 2 heteroatoms. The van der Waals surface area contributed by atoms with Crippen molar-refractivity contribution in [3.05, 3.63) is 78.0 Å². The molecule has 0 unspecified atom stereocenters. The summed E-state index contributed by atoms with van der Waals surface area (Å²) in [5.74, 6) is 0. The summed E-state index contributed by atoms with van der Waals surface area (Å²) in [5, 5.41) is 4.88. The summed E-state index contributed by atoms with van der Waals surface area (Å²) in [5.41, 5.74) is 6.80. The maximum Gasteiger partial charge on any atom is 0.224 e. The van der Waals surface area contributed by atoms with Crippen molar-refractivity contribution in [3.63, 3.8) is 0 Å². The summed E-state index contributed by atoms with van der Waals surface area (Å²) < 4.78 is 8.59. The van der Waals surface area contributed by atoms with Crippen LogP contribution in [0.1, 0.15) is 11.1 Å². The molecule has 0 fully saturated rings. The van der Waals surface area contributed by atoms with Gasteiger partial charge in [0.1, 0.15) is 18.2 Å². The summed E-state index contributed by atoms with van der Waals surface area (Å²) in [6, 6.07) is 21.3. The molecule has 2 heterocycles. The van der Waals surface area contributed by atoms with Crippen LogP contribution in [-0.2, 0) is 7.05 Å². The third-order valence-corrected chi connectivity index (χ3v) is 5.33. The molecule has 0 saturated heterocycles. The minimum absolute atomic E-state index is 0.945. The van der Waals surface area contributed by atoms with E-state index in [4.69, 9.17) is 4.42 Å². The van der Waals surface area contributed by atoms with Gasteiger partial charge in [0.15, 0.2) is 6.20 Å². The molecule has 0 atom stereocenters. The van der Waals surface area contributed by atoms with E-state index >= 15 is 0 Å². The van der Waals surface area contributed by atoms with E-state index in [-0.39, 0.29) is 0 Å². The lowest BCUT2D eigenvalue weighted by atomic mass is 9.94. The topological polar surface area (TPSA) is 17.0 Å². The lowest BCUT2D eigenvalue weighted by Crippen LogP contribution is -2.30. The quantitative estimate of drug-likeness (QED) is 0.351. The van der Waals surface area contributed by atoms with E-state index in [1.165, 1.54) is 43.9 Å². The van der Waals surface area contributed by atoms with Gasteiger partial charge in [0, 0.05) is 16.8 Å². The molecule has 0 bridgehead atoms. The number of pyridine rings is 1. The predicted octanol–water partition coefficient (Wildman–Crippen LogP) is 5.85. The van der Waals surface area contributed by atoms with Crippen LogP contribution < -0.4 is 4.57 Å². The number of hydrogen-bond donors (Lipinski definition) is 0. The van der Waals surface area contributed by atoms with E-state index in [1.807, 2.05) is 6.07 Å². The Hall–Kier alpha value is -3.13. The van der Waals surface area contributed by atoms with Crippen LogP contribution in [0.15, 0.2) is 71.3 Å². The molecule has 2 nitrogen and oxygen atoms in total. The van der Waals surface area contributed by atoms with E-state index in [1.54, 1.807) is 0 Å². The highest BCUT2D eigenvalue weighted by atomic mass is 16.3. The van der Waals surface area contributed by atoms with Crippen LogP contribution in [0.3, 0.4) is 0 Å². The highest BCUT2D eigenvalue weighted by molar-refractivity contribution is 6.13. The van der Waals surface area contributed by atoms with Crippen molar-refractivity contribution >= 4 is 32.7 Å². The summed E-state index contributed by atoms with van der Waals surface area (Å²) in [4.78, 5) is 0. The van der Waals surface area contributed by atoms with Crippen molar-refractivity contribution in [1.29, 1.82) is 0 Å². The zero-order valence-corrected chi connectivity index (χ0v) is 15.2. The average molecular weight is 338 g/mol. The van der Waals surface area contributed by atoms with Gasteiger partial charge in [-0.15, -0.1) is 0 Å². The van der Waals surface area contributed by atoms with Crippen molar-refractivity contribution in [1.82, 2.24) is 0 Å². The molecule has 0 aliphatic rings. The average Bonchev–Trinajstić information content (AvgIpc) is 3.03. The highest BCUT2D eigenvalue weighted by Crippen LogP contribution is 2.40. The molecule has 0 aliphatic heterocycles. The van der Waals surface area contributed by atoms with E-state index in [2.05, 4.69) is 86.3 Å². The number of benzene rings is 3. The van der Waals surface area contributed by atoms with Gasteiger partial charge in [-0.2, -0.15) is 0 Å². The first-order valence-electron chi connectivity index (χ1n) is 8.94. The molecule has 2 aromatic heterocycles. The van der Waals surface area contributed by atoms with Crippen LogP contribution in [0, 0.1) is 13.8 Å². The zero-order chi connectivity index (χ0) is 17.8. The third-order valence-electron chi connectivity index (χ3n) is 5.33. The molecule has 0 radical (unpaired) electrons. The maximum atomic E-state index is 6.39. The molecule has 0 saturated carbocycles. The molecule has 126 valence electrons. The second-order valence-electron chi connectivity index (χ2n) is 7.05. The summed E-state index contributed by atoms with van der Waals surface area (Å²) in [6.07, 6.45) is 2.13. The Balaban J connectivity index is 2.02. The van der Waals surface area contributed by atoms with Crippen LogP contribution in [0.2, 0.25) is 0 Å². The van der Waals surface area contributed by atoms with Gasteiger partial charge in [0.05, 0.1) is 10.9 Å². The molecule has 0 amide bonds. The Morgan fingerprint density at radius 2 is 1.54 bits per heavy atom. The van der Waals surface area contributed by atoms with Gasteiger partial charge in [0.25, 0.3) is 0 Å². The fraction of sp³-hybridized carbons (Fsp3) is 0.125. The minimum Gasteiger partial charge on any atom is -0.455 e. The molecule has 26 heavy (non-hydrogen) atoms. The van der Waals surface area contributed by atoms with Gasteiger partial charge in [-0.3, -0.25) is 0 Å². The first kappa shape index (κ1) is 15.2. The number of aromatic nitrogens is 1. The Labute approximate surface area is 152 Å². The first-order valence-corrected chi connectivity index (χ1v) is 8.94. The Morgan fingerprint density at radius 1 is 0.808 bits per heavy atom. The standard InChI is InChI=1S/C24H20NO/c1-15-14-16(2)22(24-21(15)19-10-6-7-11-20(19)26-24)23-18-9-5-4-8-17(18)12-13-25(23)3/h4-14H,1-3H3/q+1. The number of rotatable bonds is 1. The molecule has 3 aromatic carbocycles. The van der Waals surface area contributed by atoms with Crippen molar-refractivity contribution in [2.45, 2.75) is 13.8 Å². The van der Waals surface area contributed by atoms with Crippen molar-refractivity contribution in [2.24, 2.45) is 7.05 Å². The fourth-order valence-electron chi connectivity index (χ4n) is 4.18. The Kier molecular flexibility index (Phi) is 3.17. The van der Waals surface area contributed by atoms with Crippen LogP contribution >= 0.6 is 0 Å². The number of hydrogen-bond acceptors (Lipinski definition) is 1.